The number of anilines is 1. The Morgan fingerprint density at radius 3 is 2.45 bits per heavy atom. The maximum absolute atomic E-state index is 12.2. The minimum atomic E-state index is 0.0183. The molecule has 5 nitrogen and oxygen atoms in total. The number of piperazine rings is 1. The molecule has 22 heavy (non-hydrogen) atoms. The molecule has 1 saturated heterocycles. The van der Waals surface area contributed by atoms with Crippen molar-refractivity contribution in [3.05, 3.63) is 24.3 Å². The maximum Gasteiger partial charge on any atom is 0.238 e. The lowest BCUT2D eigenvalue weighted by Gasteiger charge is -2.33. The highest BCUT2D eigenvalue weighted by molar-refractivity contribution is 5.93. The molecule has 1 heterocycles. The van der Waals surface area contributed by atoms with Crippen LogP contribution in [0.25, 0.3) is 0 Å². The molecule has 0 spiro atoms. The maximum atomic E-state index is 12.2. The molecule has 1 aromatic carbocycles. The first kappa shape index (κ1) is 16.8. The molecule has 1 N–H and O–H groups in total. The van der Waals surface area contributed by atoms with Gasteiger partial charge in [-0.25, -0.2) is 0 Å². The molecule has 1 aliphatic rings. The molecule has 0 radical (unpaired) electrons. The number of rotatable bonds is 6. The summed E-state index contributed by atoms with van der Waals surface area (Å²) in [4.78, 5) is 16.9. The van der Waals surface area contributed by atoms with Gasteiger partial charge >= 0.3 is 0 Å². The molecule has 0 atom stereocenters. The van der Waals surface area contributed by atoms with Gasteiger partial charge in [0.2, 0.25) is 5.91 Å². The second-order valence-corrected chi connectivity index (χ2v) is 5.92. The Morgan fingerprint density at radius 1 is 1.18 bits per heavy atom. The van der Waals surface area contributed by atoms with Crippen LogP contribution >= 0.6 is 0 Å². The summed E-state index contributed by atoms with van der Waals surface area (Å²) >= 11 is 0. The third kappa shape index (κ3) is 5.00. The molecule has 1 fully saturated rings. The summed E-state index contributed by atoms with van der Waals surface area (Å²) in [5, 5.41) is 2.97. The van der Waals surface area contributed by atoms with Gasteiger partial charge in [-0.05, 0) is 32.5 Å². The van der Waals surface area contributed by atoms with Crippen molar-refractivity contribution in [2.75, 3.05) is 44.6 Å². The minimum Gasteiger partial charge on any atom is -0.489 e. The normalized spacial score (nSPS) is 16.7. The number of nitrogens with zero attached hydrogens (tertiary/aromatic N) is 2. The molecule has 0 unspecified atom stereocenters. The van der Waals surface area contributed by atoms with E-state index in [9.17, 15) is 4.79 Å². The molecule has 0 bridgehead atoms. The Kier molecular flexibility index (Phi) is 6.21. The summed E-state index contributed by atoms with van der Waals surface area (Å²) < 4.78 is 5.73. The van der Waals surface area contributed by atoms with Gasteiger partial charge in [-0.15, -0.1) is 0 Å². The molecule has 1 amide bonds. The van der Waals surface area contributed by atoms with Crippen molar-refractivity contribution >= 4 is 11.6 Å². The third-order valence-electron chi connectivity index (χ3n) is 3.80. The van der Waals surface area contributed by atoms with Crippen LogP contribution in [0.15, 0.2) is 24.3 Å². The molecule has 1 aliphatic heterocycles. The van der Waals surface area contributed by atoms with E-state index in [-0.39, 0.29) is 12.0 Å². The first-order chi connectivity index (χ1) is 10.6. The van der Waals surface area contributed by atoms with Crippen LogP contribution in [-0.2, 0) is 4.79 Å². The van der Waals surface area contributed by atoms with Crippen LogP contribution in [0.5, 0.6) is 5.75 Å². The predicted octanol–water partition coefficient (Wildman–Crippen LogP) is 2.05. The zero-order chi connectivity index (χ0) is 15.9. The number of hydrogen-bond acceptors (Lipinski definition) is 4. The number of hydrogen-bond donors (Lipinski definition) is 1. The summed E-state index contributed by atoms with van der Waals surface area (Å²) in [6.45, 7) is 11.6. The topological polar surface area (TPSA) is 44.8 Å². The molecule has 0 saturated carbocycles. The Bertz CT molecular complexity index is 483. The summed E-state index contributed by atoms with van der Waals surface area (Å²) in [6.07, 6.45) is 0.0835. The Hall–Kier alpha value is -1.59. The second kappa shape index (κ2) is 8.15. The van der Waals surface area contributed by atoms with Crippen LogP contribution < -0.4 is 10.1 Å². The number of ether oxygens (including phenoxy) is 1. The van der Waals surface area contributed by atoms with E-state index in [1.807, 2.05) is 38.1 Å². The van der Waals surface area contributed by atoms with Crippen molar-refractivity contribution in [3.8, 4) is 5.75 Å². The molecule has 0 aromatic heterocycles. The van der Waals surface area contributed by atoms with Gasteiger partial charge in [0.25, 0.3) is 0 Å². The number of carbonyl (C=O) groups is 1. The summed E-state index contributed by atoms with van der Waals surface area (Å²) in [5.41, 5.74) is 0.744. The van der Waals surface area contributed by atoms with E-state index >= 15 is 0 Å². The Labute approximate surface area is 133 Å². The zero-order valence-electron chi connectivity index (χ0n) is 13.8. The standard InChI is InChI=1S/C17H27N3O2/c1-4-19-9-11-20(12-10-19)13-17(21)18-15-7-5-6-8-16(15)22-14(2)3/h5-8,14H,4,9-13H2,1-3H3,(H,18,21). The average molecular weight is 305 g/mol. The van der Waals surface area contributed by atoms with Crippen LogP contribution in [0, 0.1) is 0 Å². The quantitative estimate of drug-likeness (QED) is 0.874. The largest absolute Gasteiger partial charge is 0.489 e. The highest BCUT2D eigenvalue weighted by atomic mass is 16.5. The first-order valence-corrected chi connectivity index (χ1v) is 8.08. The fourth-order valence-corrected chi connectivity index (χ4v) is 2.58. The van der Waals surface area contributed by atoms with Gasteiger partial charge in [0.1, 0.15) is 5.75 Å². The van der Waals surface area contributed by atoms with Crippen LogP contribution in [-0.4, -0.2) is 61.1 Å². The number of nitrogens with one attached hydrogen (secondary N) is 1. The van der Waals surface area contributed by atoms with Crippen LogP contribution in [0.3, 0.4) is 0 Å². The first-order valence-electron chi connectivity index (χ1n) is 8.08. The molecule has 1 aromatic rings. The number of benzene rings is 1. The van der Waals surface area contributed by atoms with Crippen molar-refractivity contribution in [2.24, 2.45) is 0 Å². The fourth-order valence-electron chi connectivity index (χ4n) is 2.58. The third-order valence-corrected chi connectivity index (χ3v) is 3.80. The lowest BCUT2D eigenvalue weighted by atomic mass is 10.2. The van der Waals surface area contributed by atoms with Gasteiger partial charge in [-0.2, -0.15) is 0 Å². The van der Waals surface area contributed by atoms with Crippen LogP contribution in [0.1, 0.15) is 20.8 Å². The molecule has 0 aliphatic carbocycles. The number of likely N-dealkylation sites (N-methyl/N-ethyl adjacent to an activating group) is 1. The Morgan fingerprint density at radius 2 is 1.82 bits per heavy atom. The van der Waals surface area contributed by atoms with Crippen LogP contribution in [0.4, 0.5) is 5.69 Å². The molecule has 2 rings (SSSR count). The monoisotopic (exact) mass is 305 g/mol. The van der Waals surface area contributed by atoms with E-state index in [2.05, 4.69) is 22.0 Å². The summed E-state index contributed by atoms with van der Waals surface area (Å²) in [5.74, 6) is 0.742. The number of para-hydroxylation sites is 2. The molecule has 5 heteroatoms. The smallest absolute Gasteiger partial charge is 0.238 e. The van der Waals surface area contributed by atoms with Gasteiger partial charge in [-0.1, -0.05) is 19.1 Å². The lowest BCUT2D eigenvalue weighted by Crippen LogP contribution is -2.48. The van der Waals surface area contributed by atoms with Crippen molar-refractivity contribution in [1.82, 2.24) is 9.80 Å². The zero-order valence-corrected chi connectivity index (χ0v) is 13.8. The summed E-state index contributed by atoms with van der Waals surface area (Å²) in [7, 11) is 0. The summed E-state index contributed by atoms with van der Waals surface area (Å²) in [6, 6.07) is 7.58. The van der Waals surface area contributed by atoms with E-state index in [0.29, 0.717) is 6.54 Å². The van der Waals surface area contributed by atoms with Crippen molar-refractivity contribution < 1.29 is 9.53 Å². The fraction of sp³-hybridized carbons (Fsp3) is 0.588. The number of amides is 1. The van der Waals surface area contributed by atoms with Gasteiger partial charge < -0.3 is 15.0 Å². The molecular formula is C17H27N3O2. The van der Waals surface area contributed by atoms with Gasteiger partial charge in [-0.3, -0.25) is 9.69 Å². The predicted molar refractivity (Wildman–Crippen MR) is 89.4 cm³/mol. The van der Waals surface area contributed by atoms with Crippen LogP contribution in [0.2, 0.25) is 0 Å². The van der Waals surface area contributed by atoms with E-state index in [0.717, 1.165) is 44.2 Å². The van der Waals surface area contributed by atoms with E-state index in [1.54, 1.807) is 0 Å². The van der Waals surface area contributed by atoms with Crippen molar-refractivity contribution in [2.45, 2.75) is 26.9 Å². The SMILES string of the molecule is CCN1CCN(CC(=O)Nc2ccccc2OC(C)C)CC1. The molecule has 122 valence electrons. The van der Waals surface area contributed by atoms with E-state index < -0.39 is 0 Å². The van der Waals surface area contributed by atoms with E-state index in [4.69, 9.17) is 4.74 Å². The lowest BCUT2D eigenvalue weighted by molar-refractivity contribution is -0.117. The van der Waals surface area contributed by atoms with Crippen molar-refractivity contribution in [3.63, 3.8) is 0 Å². The van der Waals surface area contributed by atoms with Gasteiger partial charge in [0.15, 0.2) is 0 Å². The minimum absolute atomic E-state index is 0.0183. The van der Waals surface area contributed by atoms with Gasteiger partial charge in [0.05, 0.1) is 18.3 Å². The Balaban J connectivity index is 1.87. The highest BCUT2D eigenvalue weighted by Gasteiger charge is 2.18. The second-order valence-electron chi connectivity index (χ2n) is 5.92. The van der Waals surface area contributed by atoms with Gasteiger partial charge in [0, 0.05) is 26.2 Å². The highest BCUT2D eigenvalue weighted by Crippen LogP contribution is 2.24. The van der Waals surface area contributed by atoms with Crippen molar-refractivity contribution in [1.29, 1.82) is 0 Å². The average Bonchev–Trinajstić information content (AvgIpc) is 2.49. The van der Waals surface area contributed by atoms with E-state index in [1.165, 1.54) is 0 Å². The number of carbonyl (C=O) groups excluding carboxylic acids is 1. The molecular weight excluding hydrogens is 278 g/mol.